The van der Waals surface area contributed by atoms with Gasteiger partial charge in [-0.15, -0.1) is 0 Å². The smallest absolute Gasteiger partial charge is 0.325 e. The van der Waals surface area contributed by atoms with Crippen molar-refractivity contribution in [1.29, 1.82) is 0 Å². The molecule has 5 heteroatoms. The number of esters is 1. The van der Waals surface area contributed by atoms with Gasteiger partial charge >= 0.3 is 5.97 Å². The summed E-state index contributed by atoms with van der Waals surface area (Å²) in [5.41, 5.74) is 5.13. The fraction of sp³-hybridized carbons (Fsp3) is 0.929. The third kappa shape index (κ3) is 8.18. The summed E-state index contributed by atoms with van der Waals surface area (Å²) in [7, 11) is 4.15. The predicted molar refractivity (Wildman–Crippen MR) is 79.1 cm³/mol. The molecule has 0 spiro atoms. The van der Waals surface area contributed by atoms with E-state index in [-0.39, 0.29) is 5.97 Å². The second kappa shape index (κ2) is 9.28. The molecule has 0 fully saturated rings. The van der Waals surface area contributed by atoms with Crippen molar-refractivity contribution in [3.8, 4) is 0 Å². The lowest BCUT2D eigenvalue weighted by atomic mass is 9.99. The lowest BCUT2D eigenvalue weighted by molar-refractivity contribution is -0.149. The number of carbonyl (C=O) groups is 1. The van der Waals surface area contributed by atoms with Crippen molar-refractivity contribution in [3.05, 3.63) is 0 Å². The average molecular weight is 273 g/mol. The van der Waals surface area contributed by atoms with Crippen LogP contribution < -0.4 is 5.73 Å². The SMILES string of the molecule is CCOC(=O)C(C)(N)CCN(CC)CCCN(C)C. The Hall–Kier alpha value is -0.650. The van der Waals surface area contributed by atoms with Crippen molar-refractivity contribution >= 4 is 5.97 Å². The van der Waals surface area contributed by atoms with Crippen molar-refractivity contribution in [2.75, 3.05) is 46.9 Å². The monoisotopic (exact) mass is 273 g/mol. The molecule has 0 aromatic heterocycles. The minimum Gasteiger partial charge on any atom is -0.465 e. The number of hydrogen-bond acceptors (Lipinski definition) is 5. The zero-order chi connectivity index (χ0) is 14.9. The molecular formula is C14H31N3O2. The normalized spacial score (nSPS) is 14.7. The van der Waals surface area contributed by atoms with Crippen LogP contribution in [0.25, 0.3) is 0 Å². The van der Waals surface area contributed by atoms with Crippen LogP contribution in [0, 0.1) is 0 Å². The zero-order valence-corrected chi connectivity index (χ0v) is 13.2. The standard InChI is InChI=1S/C14H31N3O2/c1-6-17(11-8-10-16(4)5)12-9-14(3,15)13(18)19-7-2/h6-12,15H2,1-5H3. The highest BCUT2D eigenvalue weighted by Gasteiger charge is 2.29. The third-order valence-electron chi connectivity index (χ3n) is 3.22. The second-order valence-electron chi connectivity index (χ2n) is 5.48. The van der Waals surface area contributed by atoms with Gasteiger partial charge in [-0.25, -0.2) is 0 Å². The van der Waals surface area contributed by atoms with Crippen LogP contribution in [0.3, 0.4) is 0 Å². The maximum Gasteiger partial charge on any atom is 0.325 e. The van der Waals surface area contributed by atoms with E-state index in [0.717, 1.165) is 32.6 Å². The molecule has 0 radical (unpaired) electrons. The van der Waals surface area contributed by atoms with E-state index in [1.165, 1.54) is 0 Å². The predicted octanol–water partition coefficient (Wildman–Crippen LogP) is 0.931. The van der Waals surface area contributed by atoms with Crippen LogP contribution in [-0.2, 0) is 9.53 Å². The number of hydrogen-bond donors (Lipinski definition) is 1. The Morgan fingerprint density at radius 2 is 1.84 bits per heavy atom. The first kappa shape index (κ1) is 18.4. The van der Waals surface area contributed by atoms with Crippen LogP contribution in [-0.4, -0.2) is 68.2 Å². The topological polar surface area (TPSA) is 58.8 Å². The van der Waals surface area contributed by atoms with Gasteiger partial charge < -0.3 is 20.3 Å². The van der Waals surface area contributed by atoms with Crippen molar-refractivity contribution < 1.29 is 9.53 Å². The van der Waals surface area contributed by atoms with E-state index >= 15 is 0 Å². The van der Waals surface area contributed by atoms with Gasteiger partial charge in [0, 0.05) is 6.54 Å². The Bertz CT molecular complexity index is 255. The molecule has 0 bridgehead atoms. The molecule has 0 saturated carbocycles. The fourth-order valence-corrected chi connectivity index (χ4v) is 1.83. The lowest BCUT2D eigenvalue weighted by Crippen LogP contribution is -2.48. The highest BCUT2D eigenvalue weighted by molar-refractivity contribution is 5.79. The minimum absolute atomic E-state index is 0.306. The van der Waals surface area contributed by atoms with E-state index < -0.39 is 5.54 Å². The summed E-state index contributed by atoms with van der Waals surface area (Å²) >= 11 is 0. The molecule has 1 unspecified atom stereocenters. The number of ether oxygens (including phenoxy) is 1. The van der Waals surface area contributed by atoms with E-state index in [2.05, 4.69) is 30.8 Å². The Kier molecular flexibility index (Phi) is 8.97. The Balaban J connectivity index is 4.07. The van der Waals surface area contributed by atoms with E-state index in [1.807, 2.05) is 0 Å². The molecule has 0 heterocycles. The third-order valence-corrected chi connectivity index (χ3v) is 3.22. The van der Waals surface area contributed by atoms with Crippen LogP contribution in [0.2, 0.25) is 0 Å². The second-order valence-corrected chi connectivity index (χ2v) is 5.48. The van der Waals surface area contributed by atoms with Gasteiger partial charge in [0.2, 0.25) is 0 Å². The van der Waals surface area contributed by atoms with Gasteiger partial charge in [-0.05, 0) is 60.4 Å². The number of rotatable bonds is 10. The van der Waals surface area contributed by atoms with E-state index in [4.69, 9.17) is 10.5 Å². The van der Waals surface area contributed by atoms with Crippen LogP contribution >= 0.6 is 0 Å². The van der Waals surface area contributed by atoms with E-state index in [9.17, 15) is 4.79 Å². The van der Waals surface area contributed by atoms with Crippen LogP contribution in [0.4, 0.5) is 0 Å². The van der Waals surface area contributed by atoms with Crippen LogP contribution in [0.15, 0.2) is 0 Å². The summed E-state index contributed by atoms with van der Waals surface area (Å²) in [4.78, 5) is 16.2. The number of nitrogens with zero attached hydrogens (tertiary/aromatic N) is 2. The van der Waals surface area contributed by atoms with Gasteiger partial charge in [-0.1, -0.05) is 6.92 Å². The van der Waals surface area contributed by atoms with Crippen LogP contribution in [0.5, 0.6) is 0 Å². The Morgan fingerprint density at radius 1 is 1.21 bits per heavy atom. The Labute approximate surface area is 118 Å². The molecule has 0 rings (SSSR count). The molecule has 0 aromatic rings. The van der Waals surface area contributed by atoms with Crippen LogP contribution in [0.1, 0.15) is 33.6 Å². The molecule has 114 valence electrons. The molecule has 0 saturated heterocycles. The molecule has 0 aliphatic carbocycles. The first-order chi connectivity index (χ1) is 8.83. The van der Waals surface area contributed by atoms with Gasteiger partial charge in [-0.3, -0.25) is 4.79 Å². The molecule has 0 amide bonds. The first-order valence-electron chi connectivity index (χ1n) is 7.16. The van der Waals surface area contributed by atoms with Gasteiger partial charge in [0.25, 0.3) is 0 Å². The number of carbonyl (C=O) groups excluding carboxylic acids is 1. The highest BCUT2D eigenvalue weighted by atomic mass is 16.5. The maximum absolute atomic E-state index is 11.7. The molecular weight excluding hydrogens is 242 g/mol. The molecule has 19 heavy (non-hydrogen) atoms. The molecule has 5 nitrogen and oxygen atoms in total. The maximum atomic E-state index is 11.7. The van der Waals surface area contributed by atoms with Gasteiger partial charge in [0.1, 0.15) is 5.54 Å². The fourth-order valence-electron chi connectivity index (χ4n) is 1.83. The highest BCUT2D eigenvalue weighted by Crippen LogP contribution is 2.10. The summed E-state index contributed by atoms with van der Waals surface area (Å²) < 4.78 is 5.00. The molecule has 0 aliphatic heterocycles. The lowest BCUT2D eigenvalue weighted by Gasteiger charge is -2.27. The largest absolute Gasteiger partial charge is 0.465 e. The minimum atomic E-state index is -0.884. The van der Waals surface area contributed by atoms with E-state index in [1.54, 1.807) is 13.8 Å². The van der Waals surface area contributed by atoms with E-state index in [0.29, 0.717) is 13.0 Å². The molecule has 1 atom stereocenters. The summed E-state index contributed by atoms with van der Waals surface area (Å²) in [6, 6.07) is 0. The summed E-state index contributed by atoms with van der Waals surface area (Å²) in [5.74, 6) is -0.306. The Morgan fingerprint density at radius 3 is 2.32 bits per heavy atom. The quantitative estimate of drug-likeness (QED) is 0.600. The summed E-state index contributed by atoms with van der Waals surface area (Å²) in [5, 5.41) is 0. The molecule has 0 aliphatic rings. The molecule has 2 N–H and O–H groups in total. The van der Waals surface area contributed by atoms with Crippen molar-refractivity contribution in [1.82, 2.24) is 9.80 Å². The van der Waals surface area contributed by atoms with Crippen molar-refractivity contribution in [2.24, 2.45) is 5.73 Å². The average Bonchev–Trinajstić information content (AvgIpc) is 2.33. The van der Waals surface area contributed by atoms with Crippen molar-refractivity contribution in [2.45, 2.75) is 39.2 Å². The number of nitrogens with two attached hydrogens (primary N) is 1. The zero-order valence-electron chi connectivity index (χ0n) is 13.2. The summed E-state index contributed by atoms with van der Waals surface area (Å²) in [6.07, 6.45) is 1.75. The van der Waals surface area contributed by atoms with Crippen molar-refractivity contribution in [3.63, 3.8) is 0 Å². The molecule has 0 aromatic carbocycles. The van der Waals surface area contributed by atoms with Gasteiger partial charge in [0.05, 0.1) is 6.61 Å². The summed E-state index contributed by atoms with van der Waals surface area (Å²) in [6.45, 7) is 9.98. The first-order valence-corrected chi connectivity index (χ1v) is 7.16. The van der Waals surface area contributed by atoms with Gasteiger partial charge in [-0.2, -0.15) is 0 Å². The van der Waals surface area contributed by atoms with Gasteiger partial charge in [0.15, 0.2) is 0 Å².